The first-order valence-corrected chi connectivity index (χ1v) is 10.5. The molecule has 1 aliphatic rings. The van der Waals surface area contributed by atoms with E-state index in [2.05, 4.69) is 77.9 Å². The fourth-order valence-electron chi connectivity index (χ4n) is 3.77. The smallest absolute Gasteiger partial charge is 0.191 e. The molecule has 1 saturated heterocycles. The molecule has 0 bridgehead atoms. The van der Waals surface area contributed by atoms with Gasteiger partial charge in [0.25, 0.3) is 0 Å². The van der Waals surface area contributed by atoms with Crippen molar-refractivity contribution in [2.24, 2.45) is 4.99 Å². The number of likely N-dealkylation sites (tertiary alicyclic amines) is 1. The number of rotatable bonds is 8. The number of nitrogens with one attached hydrogen (secondary N) is 2. The van der Waals surface area contributed by atoms with Gasteiger partial charge in [0.1, 0.15) is 0 Å². The van der Waals surface area contributed by atoms with Crippen LogP contribution in [0.15, 0.2) is 47.7 Å². The van der Waals surface area contributed by atoms with E-state index < -0.39 is 0 Å². The van der Waals surface area contributed by atoms with Crippen LogP contribution in [0.25, 0.3) is 0 Å². The Morgan fingerprint density at radius 1 is 1.28 bits per heavy atom. The van der Waals surface area contributed by atoms with Crippen molar-refractivity contribution in [1.82, 2.24) is 25.3 Å². The number of nitrogens with zero attached hydrogens (tertiary/aromatic N) is 4. The van der Waals surface area contributed by atoms with E-state index in [1.807, 2.05) is 10.9 Å². The largest absolute Gasteiger partial charge is 0.357 e. The second-order valence-electron chi connectivity index (χ2n) is 7.74. The summed E-state index contributed by atoms with van der Waals surface area (Å²) in [6.07, 6.45) is 6.11. The Morgan fingerprint density at radius 3 is 2.76 bits per heavy atom. The third-order valence-electron chi connectivity index (χ3n) is 5.20. The van der Waals surface area contributed by atoms with Crippen molar-refractivity contribution in [3.05, 3.63) is 53.9 Å². The Morgan fingerprint density at radius 2 is 2.07 bits per heavy atom. The van der Waals surface area contributed by atoms with Crippen LogP contribution in [0.4, 0.5) is 0 Å². The number of hydrogen-bond acceptors (Lipinski definition) is 3. The van der Waals surface area contributed by atoms with Gasteiger partial charge in [-0.2, -0.15) is 5.10 Å². The van der Waals surface area contributed by atoms with Crippen LogP contribution in [0, 0.1) is 6.92 Å². The minimum absolute atomic E-state index is 0. The van der Waals surface area contributed by atoms with Crippen molar-refractivity contribution in [1.29, 1.82) is 0 Å². The summed E-state index contributed by atoms with van der Waals surface area (Å²) in [5.74, 6) is 0.929. The van der Waals surface area contributed by atoms with E-state index in [0.717, 1.165) is 51.5 Å². The summed E-state index contributed by atoms with van der Waals surface area (Å²) in [6, 6.07) is 11.7. The quantitative estimate of drug-likeness (QED) is 0.248. The molecule has 160 valence electrons. The first-order valence-electron chi connectivity index (χ1n) is 10.5. The number of benzene rings is 1. The molecule has 2 atom stereocenters. The van der Waals surface area contributed by atoms with Crippen LogP contribution < -0.4 is 10.6 Å². The van der Waals surface area contributed by atoms with Gasteiger partial charge in [0.15, 0.2) is 5.96 Å². The predicted molar refractivity (Wildman–Crippen MR) is 131 cm³/mol. The van der Waals surface area contributed by atoms with Crippen molar-refractivity contribution in [2.75, 3.05) is 19.6 Å². The maximum atomic E-state index is 4.77. The van der Waals surface area contributed by atoms with E-state index >= 15 is 0 Å². The molecule has 1 fully saturated rings. The molecule has 1 aromatic heterocycles. The third kappa shape index (κ3) is 7.62. The maximum absolute atomic E-state index is 4.77. The highest BCUT2D eigenvalue weighted by molar-refractivity contribution is 14.0. The zero-order valence-electron chi connectivity index (χ0n) is 17.8. The summed E-state index contributed by atoms with van der Waals surface area (Å²) in [5, 5.41) is 11.4. The van der Waals surface area contributed by atoms with Gasteiger partial charge in [0, 0.05) is 51.0 Å². The molecule has 0 spiro atoms. The highest BCUT2D eigenvalue weighted by atomic mass is 127. The summed E-state index contributed by atoms with van der Waals surface area (Å²) in [6.45, 7) is 11.1. The molecule has 0 saturated carbocycles. The normalized spacial score (nSPS) is 19.8. The summed E-state index contributed by atoms with van der Waals surface area (Å²) < 4.78 is 1.99. The van der Waals surface area contributed by atoms with E-state index in [1.54, 1.807) is 0 Å². The first-order chi connectivity index (χ1) is 13.6. The minimum Gasteiger partial charge on any atom is -0.357 e. The Labute approximate surface area is 192 Å². The average molecular weight is 510 g/mol. The lowest BCUT2D eigenvalue weighted by Gasteiger charge is -2.21. The Bertz CT molecular complexity index is 745. The molecule has 1 aliphatic heterocycles. The van der Waals surface area contributed by atoms with Crippen LogP contribution in [-0.2, 0) is 13.1 Å². The Hall–Kier alpha value is -1.61. The third-order valence-corrected chi connectivity index (χ3v) is 5.20. The molecule has 2 aromatic rings. The fourth-order valence-corrected chi connectivity index (χ4v) is 3.77. The number of aromatic nitrogens is 2. The van der Waals surface area contributed by atoms with Crippen LogP contribution in [0.5, 0.6) is 0 Å². The minimum atomic E-state index is 0. The zero-order chi connectivity index (χ0) is 19.8. The summed E-state index contributed by atoms with van der Waals surface area (Å²) in [7, 11) is 0. The number of halogens is 1. The van der Waals surface area contributed by atoms with Gasteiger partial charge < -0.3 is 10.6 Å². The van der Waals surface area contributed by atoms with Gasteiger partial charge >= 0.3 is 0 Å². The van der Waals surface area contributed by atoms with E-state index in [9.17, 15) is 0 Å². The van der Waals surface area contributed by atoms with Crippen molar-refractivity contribution in [3.8, 4) is 0 Å². The van der Waals surface area contributed by atoms with Crippen LogP contribution in [-0.4, -0.2) is 52.4 Å². The molecule has 2 heterocycles. The van der Waals surface area contributed by atoms with Crippen LogP contribution in [0.3, 0.4) is 0 Å². The maximum Gasteiger partial charge on any atom is 0.191 e. The van der Waals surface area contributed by atoms with E-state index in [1.165, 1.54) is 11.1 Å². The molecule has 29 heavy (non-hydrogen) atoms. The van der Waals surface area contributed by atoms with Crippen molar-refractivity contribution < 1.29 is 0 Å². The molecule has 2 N–H and O–H groups in total. The molecule has 1 aromatic carbocycles. The lowest BCUT2D eigenvalue weighted by atomic mass is 10.2. The molecule has 3 rings (SSSR count). The standard InChI is InChI=1S/C22H34N6.HI/c1-4-23-22(24-11-8-12-28-15-18(2)14-25-28)26-21-13-19(3)27(17-21)16-20-9-6-5-7-10-20;/h5-7,9-10,14-15,19,21H,4,8,11-13,16-17H2,1-3H3,(H2,23,24,26);1H. The van der Waals surface area contributed by atoms with E-state index in [4.69, 9.17) is 4.99 Å². The summed E-state index contributed by atoms with van der Waals surface area (Å²) in [4.78, 5) is 7.32. The lowest BCUT2D eigenvalue weighted by molar-refractivity contribution is 0.258. The number of hydrogen-bond donors (Lipinski definition) is 2. The Kier molecular flexibility index (Phi) is 9.93. The molecule has 0 amide bonds. The fraction of sp³-hybridized carbons (Fsp3) is 0.545. The van der Waals surface area contributed by atoms with Crippen molar-refractivity contribution in [3.63, 3.8) is 0 Å². The second-order valence-corrected chi connectivity index (χ2v) is 7.74. The van der Waals surface area contributed by atoms with Crippen LogP contribution >= 0.6 is 24.0 Å². The molecule has 2 unspecified atom stereocenters. The van der Waals surface area contributed by atoms with Gasteiger partial charge in [-0.25, -0.2) is 0 Å². The van der Waals surface area contributed by atoms with Gasteiger partial charge in [0.05, 0.1) is 6.20 Å². The SMILES string of the molecule is CCNC(=NCCCn1cc(C)cn1)NC1CC(C)N(Cc2ccccc2)C1.I. The van der Waals surface area contributed by atoms with E-state index in [-0.39, 0.29) is 24.0 Å². The number of aliphatic imine (C=N–C) groups is 1. The molecule has 7 heteroatoms. The van der Waals surface area contributed by atoms with Crippen LogP contribution in [0.2, 0.25) is 0 Å². The molecular weight excluding hydrogens is 475 g/mol. The molecular formula is C22H35IN6. The summed E-state index contributed by atoms with van der Waals surface area (Å²) >= 11 is 0. The molecule has 0 aliphatic carbocycles. The van der Waals surface area contributed by atoms with Gasteiger partial charge in [-0.05, 0) is 44.7 Å². The molecule has 6 nitrogen and oxygen atoms in total. The van der Waals surface area contributed by atoms with Crippen molar-refractivity contribution in [2.45, 2.75) is 58.8 Å². The topological polar surface area (TPSA) is 57.5 Å². The summed E-state index contributed by atoms with van der Waals surface area (Å²) in [5.41, 5.74) is 2.58. The molecule has 0 radical (unpaired) electrons. The highest BCUT2D eigenvalue weighted by Crippen LogP contribution is 2.20. The zero-order valence-corrected chi connectivity index (χ0v) is 20.2. The van der Waals surface area contributed by atoms with Gasteiger partial charge in [0.2, 0.25) is 0 Å². The first kappa shape index (κ1) is 23.7. The second kappa shape index (κ2) is 12.2. The average Bonchev–Trinajstić information content (AvgIpc) is 3.25. The Balaban J connectivity index is 0.00000300. The van der Waals surface area contributed by atoms with E-state index in [0.29, 0.717) is 12.1 Å². The highest BCUT2D eigenvalue weighted by Gasteiger charge is 2.29. The number of guanidine groups is 1. The van der Waals surface area contributed by atoms with Gasteiger partial charge in [-0.15, -0.1) is 24.0 Å². The van der Waals surface area contributed by atoms with Crippen molar-refractivity contribution >= 4 is 29.9 Å². The lowest BCUT2D eigenvalue weighted by Crippen LogP contribution is -2.44. The predicted octanol–water partition coefficient (Wildman–Crippen LogP) is 3.42. The number of aryl methyl sites for hydroxylation is 2. The van der Waals surface area contributed by atoms with Gasteiger partial charge in [-0.3, -0.25) is 14.6 Å². The monoisotopic (exact) mass is 510 g/mol. The van der Waals surface area contributed by atoms with Crippen LogP contribution in [0.1, 0.15) is 37.8 Å². The van der Waals surface area contributed by atoms with Gasteiger partial charge in [-0.1, -0.05) is 30.3 Å².